The Labute approximate surface area is 105 Å². The zero-order valence-corrected chi connectivity index (χ0v) is 10.1. The summed E-state index contributed by atoms with van der Waals surface area (Å²) in [5.41, 5.74) is 5.34. The Bertz CT molecular complexity index is 538. The molecule has 4 nitrogen and oxygen atoms in total. The summed E-state index contributed by atoms with van der Waals surface area (Å²) in [5.74, 6) is 0.789. The van der Waals surface area contributed by atoms with E-state index >= 15 is 0 Å². The fourth-order valence-corrected chi connectivity index (χ4v) is 2.32. The highest BCUT2D eigenvalue weighted by atomic mass is 16.3. The Morgan fingerprint density at radius 2 is 2.22 bits per heavy atom. The lowest BCUT2D eigenvalue weighted by molar-refractivity contribution is -0.132. The normalized spacial score (nSPS) is 21.8. The number of nitrogens with zero attached hydrogens (tertiary/aromatic N) is 1. The predicted molar refractivity (Wildman–Crippen MR) is 67.0 cm³/mol. The molecule has 4 heteroatoms. The van der Waals surface area contributed by atoms with Gasteiger partial charge in [0.25, 0.3) is 0 Å². The van der Waals surface area contributed by atoms with Gasteiger partial charge < -0.3 is 4.42 Å². The van der Waals surface area contributed by atoms with Crippen molar-refractivity contribution in [2.75, 3.05) is 0 Å². The van der Waals surface area contributed by atoms with Gasteiger partial charge >= 0.3 is 0 Å². The quantitative estimate of drug-likeness (QED) is 0.822. The van der Waals surface area contributed by atoms with Gasteiger partial charge in [-0.25, -0.2) is 5.01 Å². The van der Waals surface area contributed by atoms with Crippen LogP contribution in [0.2, 0.25) is 0 Å². The highest BCUT2D eigenvalue weighted by Gasteiger charge is 2.33. The first-order valence-electron chi connectivity index (χ1n) is 5.93. The van der Waals surface area contributed by atoms with E-state index in [1.54, 1.807) is 18.2 Å². The van der Waals surface area contributed by atoms with E-state index in [1.165, 1.54) is 0 Å². The van der Waals surface area contributed by atoms with Crippen LogP contribution in [0.3, 0.4) is 0 Å². The summed E-state index contributed by atoms with van der Waals surface area (Å²) < 4.78 is 5.42. The lowest BCUT2D eigenvalue weighted by atomic mass is 10.1. The lowest BCUT2D eigenvalue weighted by Crippen LogP contribution is -2.36. The molecule has 0 bridgehead atoms. The number of nitrogens with one attached hydrogen (secondary N) is 1. The van der Waals surface area contributed by atoms with Crippen molar-refractivity contribution in [2.45, 2.75) is 19.4 Å². The molecule has 1 aliphatic carbocycles. The van der Waals surface area contributed by atoms with Gasteiger partial charge in [-0.2, -0.15) is 0 Å². The van der Waals surface area contributed by atoms with Gasteiger partial charge in [-0.1, -0.05) is 24.3 Å². The highest BCUT2D eigenvalue weighted by Crippen LogP contribution is 2.34. The first kappa shape index (κ1) is 10.9. The van der Waals surface area contributed by atoms with Gasteiger partial charge in [0, 0.05) is 19.0 Å². The minimum absolute atomic E-state index is 0.0158. The molecular formula is C14H14N2O2. The number of allylic oxidation sites excluding steroid dienone is 5. The summed E-state index contributed by atoms with van der Waals surface area (Å²) in [5, 5.41) is 1.63. The van der Waals surface area contributed by atoms with E-state index in [4.69, 9.17) is 4.42 Å². The Balaban J connectivity index is 1.94. The van der Waals surface area contributed by atoms with E-state index in [9.17, 15) is 4.79 Å². The molecule has 18 heavy (non-hydrogen) atoms. The van der Waals surface area contributed by atoms with E-state index in [-0.39, 0.29) is 11.9 Å². The number of rotatable bonds is 1. The van der Waals surface area contributed by atoms with Gasteiger partial charge in [-0.05, 0) is 17.7 Å². The lowest BCUT2D eigenvalue weighted by Gasteiger charge is -2.20. The van der Waals surface area contributed by atoms with E-state index in [2.05, 4.69) is 5.43 Å². The van der Waals surface area contributed by atoms with Gasteiger partial charge in [-0.3, -0.25) is 10.2 Å². The van der Waals surface area contributed by atoms with E-state index in [0.29, 0.717) is 0 Å². The Hall–Kier alpha value is -2.23. The third-order valence-electron chi connectivity index (χ3n) is 3.19. The molecule has 0 spiro atoms. The fraction of sp³-hybridized carbons (Fsp3) is 0.214. The van der Waals surface area contributed by atoms with Crippen LogP contribution in [0.5, 0.6) is 0 Å². The number of amides is 1. The zero-order chi connectivity index (χ0) is 12.5. The molecule has 2 heterocycles. The van der Waals surface area contributed by atoms with E-state index in [1.807, 2.05) is 36.4 Å². The fourth-order valence-electron chi connectivity index (χ4n) is 2.32. The maximum Gasteiger partial charge on any atom is 0.238 e. The van der Waals surface area contributed by atoms with Crippen molar-refractivity contribution in [3.8, 4) is 0 Å². The topological polar surface area (TPSA) is 45.5 Å². The molecule has 1 N–H and O–H groups in total. The monoisotopic (exact) mass is 242 g/mol. The van der Waals surface area contributed by atoms with Crippen LogP contribution in [0.4, 0.5) is 0 Å². The molecule has 2 aliphatic rings. The summed E-state index contributed by atoms with van der Waals surface area (Å²) in [6, 6.07) is 3.67. The van der Waals surface area contributed by atoms with E-state index < -0.39 is 0 Å². The van der Waals surface area contributed by atoms with Gasteiger partial charge in [0.15, 0.2) is 0 Å². The molecule has 3 rings (SSSR count). The zero-order valence-electron chi connectivity index (χ0n) is 10.1. The number of hydrogen-bond donors (Lipinski definition) is 1. The smallest absolute Gasteiger partial charge is 0.238 e. The largest absolute Gasteiger partial charge is 0.467 e. The highest BCUT2D eigenvalue weighted by molar-refractivity contribution is 5.74. The molecule has 1 saturated heterocycles. The summed E-state index contributed by atoms with van der Waals surface area (Å²) in [7, 11) is 0. The molecule has 1 aromatic heterocycles. The van der Waals surface area contributed by atoms with Crippen LogP contribution in [0.15, 0.2) is 58.4 Å². The van der Waals surface area contributed by atoms with Gasteiger partial charge in [0.2, 0.25) is 5.91 Å². The third-order valence-corrected chi connectivity index (χ3v) is 3.19. The predicted octanol–water partition coefficient (Wildman–Crippen LogP) is 2.46. The Kier molecular flexibility index (Phi) is 2.55. The first-order valence-corrected chi connectivity index (χ1v) is 5.93. The molecule has 1 aliphatic heterocycles. The van der Waals surface area contributed by atoms with Crippen molar-refractivity contribution in [3.05, 3.63) is 59.7 Å². The number of hydrazine groups is 1. The number of carbonyl (C=O) groups excluding carboxylic acids is 1. The molecule has 92 valence electrons. The van der Waals surface area contributed by atoms with Crippen LogP contribution >= 0.6 is 0 Å². The minimum Gasteiger partial charge on any atom is -0.467 e. The molecule has 1 unspecified atom stereocenters. The second-order valence-corrected chi connectivity index (χ2v) is 4.39. The first-order chi connectivity index (χ1) is 8.75. The van der Waals surface area contributed by atoms with Crippen molar-refractivity contribution in [3.63, 3.8) is 0 Å². The van der Waals surface area contributed by atoms with Crippen molar-refractivity contribution in [1.29, 1.82) is 0 Å². The summed E-state index contributed by atoms with van der Waals surface area (Å²) in [6.45, 7) is 1.55. The standard InChI is InChI=1S/C14H14N2O2/c1-10(17)16-13(14-7-4-8-18-14)9-12(15-16)11-5-2-3-6-11/h2-8,13,15H,9H2,1H3. The van der Waals surface area contributed by atoms with Crippen LogP contribution in [0, 0.1) is 0 Å². The van der Waals surface area contributed by atoms with Crippen molar-refractivity contribution in [2.24, 2.45) is 0 Å². The van der Waals surface area contributed by atoms with Crippen LogP contribution in [-0.2, 0) is 4.79 Å². The summed E-state index contributed by atoms with van der Waals surface area (Å²) in [6.07, 6.45) is 10.4. The SMILES string of the molecule is CC(=O)N1NC(=C2C=CC=C2)CC1c1ccco1. The van der Waals surface area contributed by atoms with Crippen LogP contribution in [-0.4, -0.2) is 10.9 Å². The second kappa shape index (κ2) is 4.22. The maximum atomic E-state index is 11.7. The van der Waals surface area contributed by atoms with Gasteiger partial charge in [0.1, 0.15) is 11.8 Å². The molecule has 1 fully saturated rings. The van der Waals surface area contributed by atoms with Crippen LogP contribution < -0.4 is 5.43 Å². The van der Waals surface area contributed by atoms with E-state index in [0.717, 1.165) is 23.5 Å². The second-order valence-electron chi connectivity index (χ2n) is 4.39. The van der Waals surface area contributed by atoms with Gasteiger partial charge in [-0.15, -0.1) is 0 Å². The average molecular weight is 242 g/mol. The third kappa shape index (κ3) is 1.76. The number of carbonyl (C=O) groups is 1. The maximum absolute atomic E-state index is 11.7. The average Bonchev–Trinajstić information content (AvgIpc) is 3.10. The van der Waals surface area contributed by atoms with Crippen molar-refractivity contribution < 1.29 is 9.21 Å². The van der Waals surface area contributed by atoms with Crippen LogP contribution in [0.25, 0.3) is 0 Å². The summed E-state index contributed by atoms with van der Waals surface area (Å²) in [4.78, 5) is 11.7. The number of furan rings is 1. The summed E-state index contributed by atoms with van der Waals surface area (Å²) >= 11 is 0. The molecule has 0 saturated carbocycles. The Morgan fingerprint density at radius 1 is 1.44 bits per heavy atom. The van der Waals surface area contributed by atoms with Crippen molar-refractivity contribution in [1.82, 2.24) is 10.4 Å². The molecule has 1 aromatic rings. The van der Waals surface area contributed by atoms with Crippen LogP contribution in [0.1, 0.15) is 25.1 Å². The molecule has 1 amide bonds. The minimum atomic E-state index is -0.0672. The van der Waals surface area contributed by atoms with Gasteiger partial charge in [0.05, 0.1) is 6.26 Å². The molecule has 1 atom stereocenters. The van der Waals surface area contributed by atoms with Crippen molar-refractivity contribution >= 4 is 5.91 Å². The molecule has 0 aromatic carbocycles. The number of hydrogen-bond acceptors (Lipinski definition) is 3. The molecular weight excluding hydrogens is 228 g/mol. The molecule has 0 radical (unpaired) electrons. The Morgan fingerprint density at radius 3 is 2.83 bits per heavy atom.